The van der Waals surface area contributed by atoms with Gasteiger partial charge < -0.3 is 4.65 Å². The van der Waals surface area contributed by atoms with Crippen molar-refractivity contribution in [2.45, 2.75) is 20.5 Å². The van der Waals surface area contributed by atoms with Crippen LogP contribution >= 0.6 is 0 Å². The van der Waals surface area contributed by atoms with Gasteiger partial charge in [-0.2, -0.15) is 0 Å². The molecule has 0 N–H and O–H groups in total. The molecule has 0 aliphatic rings. The quantitative estimate of drug-likeness (QED) is 0.656. The van der Waals surface area contributed by atoms with Crippen molar-refractivity contribution in [3.8, 4) is 0 Å². The summed E-state index contributed by atoms with van der Waals surface area (Å²) in [6.45, 7) is 3.78. The summed E-state index contributed by atoms with van der Waals surface area (Å²) in [5, 5.41) is 0. The lowest BCUT2D eigenvalue weighted by Gasteiger charge is -2.06. The van der Waals surface area contributed by atoms with E-state index in [4.69, 9.17) is 0 Å². The lowest BCUT2D eigenvalue weighted by Crippen LogP contribution is -2.05. The molecule has 0 spiro atoms. The first kappa shape index (κ1) is 10.2. The van der Waals surface area contributed by atoms with Crippen molar-refractivity contribution in [1.82, 2.24) is 0 Å². The minimum atomic E-state index is -2.69. The Balaban J connectivity index is 2.70. The Kier molecular flexibility index (Phi) is 3.43. The summed E-state index contributed by atoms with van der Waals surface area (Å²) >= 11 is 0. The molecule has 0 amide bonds. The molecule has 0 heterocycles. The molecule has 0 saturated carbocycles. The van der Waals surface area contributed by atoms with Crippen molar-refractivity contribution in [2.75, 3.05) is 0 Å². The average molecular weight is 184 g/mol. The maximum atomic E-state index is 11.7. The molecule has 70 valence electrons. The van der Waals surface area contributed by atoms with E-state index in [1.165, 1.54) is 0 Å². The molecule has 0 bridgehead atoms. The number of rotatable bonds is 3. The lowest BCUT2D eigenvalue weighted by molar-refractivity contribution is 0.243. The number of aryl methyl sites for hydroxylation is 2. The van der Waals surface area contributed by atoms with Crippen LogP contribution in [0.15, 0.2) is 18.2 Å². The van der Waals surface area contributed by atoms with Gasteiger partial charge in [-0.05, 0) is 25.0 Å². The topological polar surface area (TPSA) is 9.23 Å². The van der Waals surface area contributed by atoms with Gasteiger partial charge in [-0.15, -0.1) is 0 Å². The van der Waals surface area contributed by atoms with Crippen molar-refractivity contribution in [2.24, 2.45) is 0 Å². The van der Waals surface area contributed by atoms with Crippen LogP contribution in [0.1, 0.15) is 16.7 Å². The highest BCUT2D eigenvalue weighted by atomic mass is 19.2. The van der Waals surface area contributed by atoms with Gasteiger partial charge in [0.15, 0.2) is 0 Å². The molecule has 1 nitrogen and oxygen atoms in total. The third-order valence-electron chi connectivity index (χ3n) is 1.87. The Bertz CT molecular complexity index is 289. The Hall–Kier alpha value is -0.895. The zero-order valence-corrected chi connectivity index (χ0v) is 7.68. The largest absolute Gasteiger partial charge is 0.721 e. The van der Waals surface area contributed by atoms with E-state index in [0.717, 1.165) is 16.7 Å². The van der Waals surface area contributed by atoms with Crippen molar-refractivity contribution in [1.29, 1.82) is 0 Å². The highest BCUT2D eigenvalue weighted by Gasteiger charge is 2.14. The summed E-state index contributed by atoms with van der Waals surface area (Å²) in [5.74, 6) is 0. The van der Waals surface area contributed by atoms with E-state index >= 15 is 0 Å². The normalized spacial score (nSPS) is 10.2. The van der Waals surface area contributed by atoms with Crippen molar-refractivity contribution >= 4 is 7.47 Å². The van der Waals surface area contributed by atoms with Crippen molar-refractivity contribution in [3.63, 3.8) is 0 Å². The van der Waals surface area contributed by atoms with Gasteiger partial charge in [-0.25, -0.2) is 0 Å². The molecule has 0 fully saturated rings. The molecular formula is C9H11BF2O. The van der Waals surface area contributed by atoms with Gasteiger partial charge in [0.25, 0.3) is 0 Å². The second-order valence-electron chi connectivity index (χ2n) is 3.00. The average Bonchev–Trinajstić information content (AvgIpc) is 2.06. The van der Waals surface area contributed by atoms with Crippen LogP contribution in [0.4, 0.5) is 8.63 Å². The molecule has 4 heteroatoms. The lowest BCUT2D eigenvalue weighted by atomic mass is 10.1. The Morgan fingerprint density at radius 3 is 2.62 bits per heavy atom. The highest BCUT2D eigenvalue weighted by molar-refractivity contribution is 6.34. The summed E-state index contributed by atoms with van der Waals surface area (Å²) in [6.07, 6.45) is 0. The number of benzene rings is 1. The minimum Gasteiger partial charge on any atom is -0.375 e. The summed E-state index contributed by atoms with van der Waals surface area (Å²) in [4.78, 5) is 0. The van der Waals surface area contributed by atoms with Gasteiger partial charge in [0, 0.05) is 0 Å². The molecule has 0 aliphatic heterocycles. The molecule has 1 aromatic rings. The molecule has 1 rings (SSSR count). The van der Waals surface area contributed by atoms with Crippen LogP contribution in [0.2, 0.25) is 0 Å². The van der Waals surface area contributed by atoms with Crippen molar-refractivity contribution < 1.29 is 13.3 Å². The summed E-state index contributed by atoms with van der Waals surface area (Å²) in [6, 6.07) is 5.71. The highest BCUT2D eigenvalue weighted by Crippen LogP contribution is 2.12. The van der Waals surface area contributed by atoms with E-state index in [-0.39, 0.29) is 6.61 Å². The standard InChI is InChI=1S/C9H11BF2O/c1-7-3-4-8(2)9(5-7)6-13-10(11)12/h3-5H,6H2,1-2H3. The fraction of sp³-hybridized carbons (Fsp3) is 0.333. The van der Waals surface area contributed by atoms with Gasteiger partial charge in [0.05, 0.1) is 6.61 Å². The molecule has 0 atom stereocenters. The molecule has 0 saturated heterocycles. The zero-order chi connectivity index (χ0) is 9.84. The maximum absolute atomic E-state index is 11.7. The first-order valence-corrected chi connectivity index (χ1v) is 4.05. The molecule has 1 aromatic carbocycles. The summed E-state index contributed by atoms with van der Waals surface area (Å²) in [7, 11) is -2.69. The molecule has 0 aromatic heterocycles. The van der Waals surface area contributed by atoms with Gasteiger partial charge in [-0.1, -0.05) is 23.8 Å². The molecule has 0 aliphatic carbocycles. The van der Waals surface area contributed by atoms with E-state index in [2.05, 4.69) is 4.65 Å². The van der Waals surface area contributed by atoms with Crippen LogP contribution in [0.25, 0.3) is 0 Å². The zero-order valence-electron chi connectivity index (χ0n) is 7.68. The second kappa shape index (κ2) is 4.37. The molecule has 13 heavy (non-hydrogen) atoms. The smallest absolute Gasteiger partial charge is 0.375 e. The number of halogens is 2. The monoisotopic (exact) mass is 184 g/mol. The van der Waals surface area contributed by atoms with Gasteiger partial charge in [0.1, 0.15) is 0 Å². The Morgan fingerprint density at radius 1 is 1.31 bits per heavy atom. The molecular weight excluding hydrogens is 173 g/mol. The Labute approximate surface area is 76.9 Å². The van der Waals surface area contributed by atoms with Crippen LogP contribution in [-0.4, -0.2) is 7.47 Å². The molecule has 0 unspecified atom stereocenters. The number of hydrogen-bond donors (Lipinski definition) is 0. The first-order valence-electron chi connectivity index (χ1n) is 4.05. The van der Waals surface area contributed by atoms with Gasteiger partial charge >= 0.3 is 7.47 Å². The predicted octanol–water partition coefficient (Wildman–Crippen LogP) is 2.74. The fourth-order valence-electron chi connectivity index (χ4n) is 1.11. The number of hydrogen-bond acceptors (Lipinski definition) is 1. The van der Waals surface area contributed by atoms with E-state index in [0.29, 0.717) is 0 Å². The van der Waals surface area contributed by atoms with Crippen LogP contribution in [-0.2, 0) is 11.3 Å². The summed E-state index contributed by atoms with van der Waals surface area (Å²) < 4.78 is 27.7. The van der Waals surface area contributed by atoms with Gasteiger partial charge in [-0.3, -0.25) is 8.63 Å². The summed E-state index contributed by atoms with van der Waals surface area (Å²) in [5.41, 5.74) is 2.85. The van der Waals surface area contributed by atoms with Crippen LogP contribution < -0.4 is 0 Å². The molecule has 0 radical (unpaired) electrons. The minimum absolute atomic E-state index is 0.0226. The van der Waals surface area contributed by atoms with Crippen molar-refractivity contribution in [3.05, 3.63) is 34.9 Å². The van der Waals surface area contributed by atoms with Crippen LogP contribution in [0, 0.1) is 13.8 Å². The maximum Gasteiger partial charge on any atom is 0.721 e. The SMILES string of the molecule is Cc1ccc(C)c(COB(F)F)c1. The van der Waals surface area contributed by atoms with Crippen LogP contribution in [0.5, 0.6) is 0 Å². The van der Waals surface area contributed by atoms with Gasteiger partial charge in [0.2, 0.25) is 0 Å². The third kappa shape index (κ3) is 3.15. The van der Waals surface area contributed by atoms with E-state index in [9.17, 15) is 8.63 Å². The fourth-order valence-corrected chi connectivity index (χ4v) is 1.11. The Morgan fingerprint density at radius 2 is 2.00 bits per heavy atom. The first-order chi connectivity index (χ1) is 6.09. The second-order valence-corrected chi connectivity index (χ2v) is 3.00. The predicted molar refractivity (Wildman–Crippen MR) is 48.7 cm³/mol. The third-order valence-corrected chi connectivity index (χ3v) is 1.87. The van der Waals surface area contributed by atoms with E-state index < -0.39 is 7.47 Å². The van der Waals surface area contributed by atoms with Crippen LogP contribution in [0.3, 0.4) is 0 Å². The van der Waals surface area contributed by atoms with E-state index in [1.54, 1.807) is 0 Å². The van der Waals surface area contributed by atoms with E-state index in [1.807, 2.05) is 32.0 Å².